The van der Waals surface area contributed by atoms with E-state index in [1.165, 1.54) is 30.1 Å². The van der Waals surface area contributed by atoms with Crippen molar-refractivity contribution in [1.82, 2.24) is 4.90 Å². The highest BCUT2D eigenvalue weighted by Gasteiger charge is 2.33. The number of nitrogens with zero attached hydrogens (tertiary/aromatic N) is 2. The first-order chi connectivity index (χ1) is 10.2. The third-order valence-electron chi connectivity index (χ3n) is 3.79. The van der Waals surface area contributed by atoms with Crippen LogP contribution >= 0.6 is 0 Å². The molecule has 120 valence electrons. The van der Waals surface area contributed by atoms with Crippen LogP contribution in [0.15, 0.2) is 18.2 Å². The van der Waals surface area contributed by atoms with Crippen LogP contribution in [0.5, 0.6) is 0 Å². The summed E-state index contributed by atoms with van der Waals surface area (Å²) < 4.78 is 23.1. The molecule has 1 unspecified atom stereocenters. The second-order valence-electron chi connectivity index (χ2n) is 5.21. The van der Waals surface area contributed by atoms with Gasteiger partial charge in [-0.15, -0.1) is 0 Å². The van der Waals surface area contributed by atoms with Crippen LogP contribution < -0.4 is 5.32 Å². The largest absolute Gasteiger partial charge is 0.387 e. The van der Waals surface area contributed by atoms with Crippen molar-refractivity contribution in [3.8, 4) is 0 Å². The summed E-state index contributed by atoms with van der Waals surface area (Å²) in [5.41, 5.74) is 0.432. The number of nitrogens with one attached hydrogen (secondary N) is 1. The molecule has 1 saturated heterocycles. The number of carbonyl (C=O) groups excluding carboxylic acids is 1. The molecule has 0 spiro atoms. The van der Waals surface area contributed by atoms with E-state index in [0.29, 0.717) is 12.1 Å². The normalized spacial score (nSPS) is 19.6. The molecule has 2 rings (SSSR count). The number of sulfone groups is 1. The van der Waals surface area contributed by atoms with Crippen molar-refractivity contribution in [3.05, 3.63) is 33.9 Å². The van der Waals surface area contributed by atoms with Gasteiger partial charge in [0.25, 0.3) is 11.6 Å². The van der Waals surface area contributed by atoms with E-state index in [0.717, 1.165) is 0 Å². The molecule has 1 atom stereocenters. The number of non-ortho nitro benzene ring substituents is 1. The minimum atomic E-state index is -3.11. The first kappa shape index (κ1) is 16.2. The Morgan fingerprint density at radius 3 is 2.64 bits per heavy atom. The molecule has 1 amide bonds. The molecule has 1 aliphatic heterocycles. The number of benzene rings is 1. The number of hydrogen-bond donors (Lipinski definition) is 1. The standard InChI is InChI=1S/C13H17N3O5S/c1-14-12-4-3-9(16(18)19)7-11(12)13(17)15(2)10-5-6-22(20,21)8-10/h3-4,7,10,14H,5-6,8H2,1-2H3. The molecule has 0 aliphatic carbocycles. The molecule has 22 heavy (non-hydrogen) atoms. The fourth-order valence-electron chi connectivity index (χ4n) is 2.48. The average Bonchev–Trinajstić information content (AvgIpc) is 2.85. The molecule has 0 aromatic heterocycles. The first-order valence-electron chi connectivity index (χ1n) is 6.69. The van der Waals surface area contributed by atoms with Gasteiger partial charge in [-0.25, -0.2) is 8.42 Å². The Hall–Kier alpha value is -2.16. The third-order valence-corrected chi connectivity index (χ3v) is 5.54. The summed E-state index contributed by atoms with van der Waals surface area (Å²) in [4.78, 5) is 24.2. The average molecular weight is 327 g/mol. The predicted molar refractivity (Wildman–Crippen MR) is 81.8 cm³/mol. The number of rotatable bonds is 4. The van der Waals surface area contributed by atoms with Crippen molar-refractivity contribution in [2.75, 3.05) is 30.9 Å². The van der Waals surface area contributed by atoms with Crippen LogP contribution in [-0.4, -0.2) is 55.8 Å². The summed E-state index contributed by atoms with van der Waals surface area (Å²) in [6.45, 7) is 0. The highest BCUT2D eigenvalue weighted by molar-refractivity contribution is 7.91. The van der Waals surface area contributed by atoms with Gasteiger partial charge >= 0.3 is 0 Å². The Morgan fingerprint density at radius 2 is 2.14 bits per heavy atom. The number of anilines is 1. The van der Waals surface area contributed by atoms with E-state index in [-0.39, 0.29) is 22.8 Å². The molecule has 1 aliphatic rings. The zero-order valence-corrected chi connectivity index (χ0v) is 13.1. The Kier molecular flexibility index (Phi) is 4.36. The van der Waals surface area contributed by atoms with Crippen LogP contribution in [0.3, 0.4) is 0 Å². The highest BCUT2D eigenvalue weighted by Crippen LogP contribution is 2.25. The molecule has 0 bridgehead atoms. The second-order valence-corrected chi connectivity index (χ2v) is 7.44. The zero-order valence-electron chi connectivity index (χ0n) is 12.3. The third kappa shape index (κ3) is 3.19. The molecule has 1 aromatic rings. The maximum atomic E-state index is 12.6. The van der Waals surface area contributed by atoms with Gasteiger partial charge in [-0.1, -0.05) is 0 Å². The van der Waals surface area contributed by atoms with E-state index in [1.807, 2.05) is 0 Å². The molecular formula is C13H17N3O5S. The van der Waals surface area contributed by atoms with Gasteiger partial charge in [0.1, 0.15) is 0 Å². The SMILES string of the molecule is CNc1ccc([N+](=O)[O-])cc1C(=O)N(C)C1CCS(=O)(=O)C1. The van der Waals surface area contributed by atoms with E-state index < -0.39 is 26.7 Å². The van der Waals surface area contributed by atoms with Crippen LogP contribution in [0.1, 0.15) is 16.8 Å². The molecule has 0 radical (unpaired) electrons. The Labute approximate surface area is 128 Å². The van der Waals surface area contributed by atoms with Crippen LogP contribution in [-0.2, 0) is 9.84 Å². The molecule has 1 heterocycles. The van der Waals surface area contributed by atoms with Crippen LogP contribution in [0.25, 0.3) is 0 Å². The van der Waals surface area contributed by atoms with Crippen molar-refractivity contribution in [3.63, 3.8) is 0 Å². The zero-order chi connectivity index (χ0) is 16.5. The smallest absolute Gasteiger partial charge is 0.270 e. The van der Waals surface area contributed by atoms with Crippen molar-refractivity contribution >= 4 is 27.1 Å². The van der Waals surface area contributed by atoms with Gasteiger partial charge in [-0.3, -0.25) is 14.9 Å². The highest BCUT2D eigenvalue weighted by atomic mass is 32.2. The molecule has 1 fully saturated rings. The maximum absolute atomic E-state index is 12.6. The first-order valence-corrected chi connectivity index (χ1v) is 8.51. The summed E-state index contributed by atoms with van der Waals surface area (Å²) in [5, 5.41) is 13.7. The lowest BCUT2D eigenvalue weighted by Gasteiger charge is -2.24. The molecule has 1 N–H and O–H groups in total. The van der Waals surface area contributed by atoms with Crippen molar-refractivity contribution < 1.29 is 18.1 Å². The quantitative estimate of drug-likeness (QED) is 0.650. The monoisotopic (exact) mass is 327 g/mol. The lowest BCUT2D eigenvalue weighted by molar-refractivity contribution is -0.384. The van der Waals surface area contributed by atoms with Crippen molar-refractivity contribution in [1.29, 1.82) is 0 Å². The van der Waals surface area contributed by atoms with Gasteiger partial charge < -0.3 is 10.2 Å². The second kappa shape index (κ2) is 5.91. The van der Waals surface area contributed by atoms with E-state index in [1.54, 1.807) is 7.05 Å². The van der Waals surface area contributed by atoms with Gasteiger partial charge in [-0.2, -0.15) is 0 Å². The van der Waals surface area contributed by atoms with Gasteiger partial charge in [0.05, 0.1) is 22.0 Å². The predicted octanol–water partition coefficient (Wildman–Crippen LogP) is 0.896. The van der Waals surface area contributed by atoms with E-state index in [4.69, 9.17) is 0 Å². The fraction of sp³-hybridized carbons (Fsp3) is 0.462. The minimum absolute atomic E-state index is 0.0586. The van der Waals surface area contributed by atoms with Crippen LogP contribution in [0.2, 0.25) is 0 Å². The fourth-order valence-corrected chi connectivity index (χ4v) is 4.25. The summed E-state index contributed by atoms with van der Waals surface area (Å²) in [5.74, 6) is -0.447. The minimum Gasteiger partial charge on any atom is -0.387 e. The van der Waals surface area contributed by atoms with Gasteiger partial charge in [-0.05, 0) is 12.5 Å². The van der Waals surface area contributed by atoms with Crippen molar-refractivity contribution in [2.24, 2.45) is 0 Å². The number of amides is 1. The molecule has 0 saturated carbocycles. The van der Waals surface area contributed by atoms with Gasteiger partial charge in [0, 0.05) is 38.0 Å². The van der Waals surface area contributed by atoms with Crippen LogP contribution in [0.4, 0.5) is 11.4 Å². The molecule has 8 nitrogen and oxygen atoms in total. The summed E-state index contributed by atoms with van der Waals surface area (Å²) >= 11 is 0. The molecular weight excluding hydrogens is 310 g/mol. The van der Waals surface area contributed by atoms with E-state index in [9.17, 15) is 23.3 Å². The lowest BCUT2D eigenvalue weighted by atomic mass is 10.1. The van der Waals surface area contributed by atoms with Gasteiger partial charge in [0.15, 0.2) is 9.84 Å². The number of nitro benzene ring substituents is 1. The van der Waals surface area contributed by atoms with Gasteiger partial charge in [0.2, 0.25) is 0 Å². The molecule has 1 aromatic carbocycles. The number of carbonyl (C=O) groups is 1. The van der Waals surface area contributed by atoms with E-state index >= 15 is 0 Å². The van der Waals surface area contributed by atoms with E-state index in [2.05, 4.69) is 5.32 Å². The maximum Gasteiger partial charge on any atom is 0.270 e. The van der Waals surface area contributed by atoms with Crippen LogP contribution in [0, 0.1) is 10.1 Å². The number of hydrogen-bond acceptors (Lipinski definition) is 6. The Bertz CT molecular complexity index is 716. The summed E-state index contributed by atoms with van der Waals surface area (Å²) in [6.07, 6.45) is 0.383. The van der Waals surface area contributed by atoms with Crippen molar-refractivity contribution in [2.45, 2.75) is 12.5 Å². The number of nitro groups is 1. The summed E-state index contributed by atoms with van der Waals surface area (Å²) in [7, 11) is 0.0178. The summed E-state index contributed by atoms with van der Waals surface area (Å²) in [6, 6.07) is 3.57. The lowest BCUT2D eigenvalue weighted by Crippen LogP contribution is -2.38. The molecule has 9 heteroatoms. The Balaban J connectivity index is 2.32. The Morgan fingerprint density at radius 1 is 1.45 bits per heavy atom. The topological polar surface area (TPSA) is 110 Å².